The maximum Gasteiger partial charge on any atom is 0.233 e. The van der Waals surface area contributed by atoms with Gasteiger partial charge in [0.1, 0.15) is 5.82 Å². The number of β-lactam (4-membered cyclic amide) rings is 1. The highest BCUT2D eigenvalue weighted by molar-refractivity contribution is 7.88. The van der Waals surface area contributed by atoms with Crippen LogP contribution < -0.4 is 9.62 Å². The van der Waals surface area contributed by atoms with Crippen molar-refractivity contribution in [2.24, 2.45) is 5.92 Å². The van der Waals surface area contributed by atoms with Crippen molar-refractivity contribution in [3.05, 3.63) is 101 Å². The maximum atomic E-state index is 13.5. The highest BCUT2D eigenvalue weighted by Crippen LogP contribution is 2.46. The first-order chi connectivity index (χ1) is 20.2. The van der Waals surface area contributed by atoms with Gasteiger partial charge in [-0.3, -0.25) is 4.79 Å². The Labute approximate surface area is 248 Å². The van der Waals surface area contributed by atoms with Gasteiger partial charge in [-0.15, -0.1) is 0 Å². The Bertz CT molecular complexity index is 1400. The zero-order chi connectivity index (χ0) is 30.1. The number of sulfonamides is 1. The number of carbonyl (C=O) groups is 1. The van der Waals surface area contributed by atoms with Gasteiger partial charge in [-0.1, -0.05) is 55.0 Å². The third kappa shape index (κ3) is 8.70. The van der Waals surface area contributed by atoms with E-state index < -0.39 is 16.1 Å². The number of hydrogen-bond acceptors (Lipinski definition) is 5. The molecule has 1 fully saturated rings. The van der Waals surface area contributed by atoms with Gasteiger partial charge in [0.25, 0.3) is 0 Å². The summed E-state index contributed by atoms with van der Waals surface area (Å²) in [5, 5.41) is 19.7. The summed E-state index contributed by atoms with van der Waals surface area (Å²) in [5.74, 6) is -0.647. The Morgan fingerprint density at radius 1 is 0.881 bits per heavy atom. The molecule has 0 bridgehead atoms. The van der Waals surface area contributed by atoms with Crippen molar-refractivity contribution in [1.82, 2.24) is 4.72 Å². The molecule has 1 aliphatic rings. The third-order valence-electron chi connectivity index (χ3n) is 7.89. The molecule has 3 atom stereocenters. The molecule has 4 rings (SSSR count). The van der Waals surface area contributed by atoms with Gasteiger partial charge in [0, 0.05) is 18.8 Å². The van der Waals surface area contributed by atoms with Crippen LogP contribution in [-0.4, -0.2) is 43.9 Å². The predicted octanol–water partition coefficient (Wildman–Crippen LogP) is 5.23. The minimum absolute atomic E-state index is 0.00416. The molecule has 0 aromatic heterocycles. The summed E-state index contributed by atoms with van der Waals surface area (Å²) >= 11 is 0. The number of hydrogen-bond donors (Lipinski definition) is 3. The van der Waals surface area contributed by atoms with Crippen LogP contribution in [0.1, 0.15) is 72.9 Å². The van der Waals surface area contributed by atoms with Gasteiger partial charge in [0.15, 0.2) is 0 Å². The number of nitrogens with zero attached hydrogens (tertiary/aromatic N) is 1. The molecule has 0 aliphatic carbocycles. The van der Waals surface area contributed by atoms with E-state index >= 15 is 0 Å². The summed E-state index contributed by atoms with van der Waals surface area (Å²) in [7, 11) is -3.21. The van der Waals surface area contributed by atoms with Crippen LogP contribution in [0.25, 0.3) is 0 Å². The Hall–Kier alpha value is -3.11. The molecule has 7 nitrogen and oxygen atoms in total. The topological polar surface area (TPSA) is 107 Å². The quantitative estimate of drug-likeness (QED) is 0.155. The molecule has 1 heterocycles. The number of halogens is 1. The van der Waals surface area contributed by atoms with Gasteiger partial charge in [-0.05, 0) is 91.5 Å². The standard InChI is InChI=1S/C33H41FN2O5S/c1-42(40,41)35-22-5-7-25-10-18-29(19-11-25)36-32(27-12-8-24(9-13-27)6-3-2-4-23-37)30(33(36)39)20-21-31(38)26-14-16-28(34)17-15-26/h8-19,30-32,35,37-38H,2-7,20-23H2,1H3/t30-,31+,32-/m1/s1. The zero-order valence-electron chi connectivity index (χ0n) is 24.1. The smallest absolute Gasteiger partial charge is 0.233 e. The number of rotatable bonds is 16. The van der Waals surface area contributed by atoms with Gasteiger partial charge < -0.3 is 15.1 Å². The highest BCUT2D eigenvalue weighted by Gasteiger charge is 2.48. The number of amides is 1. The largest absolute Gasteiger partial charge is 0.396 e. The van der Waals surface area contributed by atoms with Crippen molar-refractivity contribution < 1.29 is 27.8 Å². The van der Waals surface area contributed by atoms with E-state index in [-0.39, 0.29) is 30.3 Å². The lowest BCUT2D eigenvalue weighted by molar-refractivity contribution is -0.131. The average Bonchev–Trinajstić information content (AvgIpc) is 2.97. The first-order valence-electron chi connectivity index (χ1n) is 14.7. The summed E-state index contributed by atoms with van der Waals surface area (Å²) < 4.78 is 38.4. The van der Waals surface area contributed by atoms with Gasteiger partial charge in [-0.2, -0.15) is 0 Å². The van der Waals surface area contributed by atoms with Crippen molar-refractivity contribution in [2.45, 2.75) is 63.5 Å². The zero-order valence-corrected chi connectivity index (χ0v) is 24.9. The van der Waals surface area contributed by atoms with Crippen molar-refractivity contribution in [2.75, 3.05) is 24.3 Å². The number of anilines is 1. The second kappa shape index (κ2) is 14.9. The average molecular weight is 597 g/mol. The molecule has 1 aliphatic heterocycles. The molecular formula is C33H41FN2O5S. The van der Waals surface area contributed by atoms with E-state index in [1.54, 1.807) is 12.1 Å². The predicted molar refractivity (Wildman–Crippen MR) is 163 cm³/mol. The van der Waals surface area contributed by atoms with E-state index in [2.05, 4.69) is 29.0 Å². The molecule has 0 radical (unpaired) electrons. The number of benzene rings is 3. The molecule has 3 aromatic carbocycles. The lowest BCUT2D eigenvalue weighted by Crippen LogP contribution is -2.55. The Morgan fingerprint density at radius 2 is 1.50 bits per heavy atom. The molecule has 0 saturated carbocycles. The summed E-state index contributed by atoms with van der Waals surface area (Å²) in [5.41, 5.74) is 4.73. The van der Waals surface area contributed by atoms with E-state index in [0.29, 0.717) is 37.8 Å². The Balaban J connectivity index is 1.46. The number of aryl methyl sites for hydroxylation is 2. The van der Waals surface area contributed by atoms with Crippen LogP contribution in [0.5, 0.6) is 0 Å². The van der Waals surface area contributed by atoms with E-state index in [4.69, 9.17) is 5.11 Å². The van der Waals surface area contributed by atoms with Crippen molar-refractivity contribution in [3.8, 4) is 0 Å². The Kier molecular flexibility index (Phi) is 11.3. The number of nitrogens with one attached hydrogen (secondary N) is 1. The van der Waals surface area contributed by atoms with Gasteiger partial charge >= 0.3 is 0 Å². The number of unbranched alkanes of at least 4 members (excludes halogenated alkanes) is 2. The number of carbonyl (C=O) groups excluding carboxylic acids is 1. The fourth-order valence-corrected chi connectivity index (χ4v) is 6.08. The van der Waals surface area contributed by atoms with Gasteiger partial charge in [-0.25, -0.2) is 17.5 Å². The van der Waals surface area contributed by atoms with Crippen LogP contribution in [0.15, 0.2) is 72.8 Å². The second-order valence-electron chi connectivity index (χ2n) is 11.1. The van der Waals surface area contributed by atoms with E-state index in [0.717, 1.165) is 48.8 Å². The second-order valence-corrected chi connectivity index (χ2v) is 12.9. The maximum absolute atomic E-state index is 13.5. The fraction of sp³-hybridized carbons (Fsp3) is 0.424. The molecule has 1 amide bonds. The van der Waals surface area contributed by atoms with E-state index in [1.165, 1.54) is 17.7 Å². The summed E-state index contributed by atoms with van der Waals surface area (Å²) in [4.78, 5) is 15.3. The van der Waals surface area contributed by atoms with Crippen LogP contribution in [0.3, 0.4) is 0 Å². The molecule has 0 unspecified atom stereocenters. The molecule has 1 saturated heterocycles. The lowest BCUT2D eigenvalue weighted by atomic mass is 9.78. The first-order valence-corrected chi connectivity index (χ1v) is 16.6. The number of aliphatic hydroxyl groups is 2. The fourth-order valence-electron chi connectivity index (χ4n) is 5.56. The van der Waals surface area contributed by atoms with Crippen LogP contribution in [0.4, 0.5) is 10.1 Å². The van der Waals surface area contributed by atoms with E-state index in [1.807, 2.05) is 29.2 Å². The minimum Gasteiger partial charge on any atom is -0.396 e. The Morgan fingerprint density at radius 3 is 2.12 bits per heavy atom. The molecule has 3 aromatic rings. The van der Waals surface area contributed by atoms with Crippen molar-refractivity contribution in [3.63, 3.8) is 0 Å². The minimum atomic E-state index is -3.21. The normalized spacial score (nSPS) is 17.7. The monoisotopic (exact) mass is 596 g/mol. The van der Waals surface area contributed by atoms with E-state index in [9.17, 15) is 22.7 Å². The van der Waals surface area contributed by atoms with Gasteiger partial charge in [0.05, 0.1) is 24.3 Å². The van der Waals surface area contributed by atoms with Crippen LogP contribution in [0, 0.1) is 11.7 Å². The summed E-state index contributed by atoms with van der Waals surface area (Å²) in [6.45, 7) is 0.583. The molecule has 3 N–H and O–H groups in total. The third-order valence-corrected chi connectivity index (χ3v) is 8.61. The molecular weight excluding hydrogens is 555 g/mol. The summed E-state index contributed by atoms with van der Waals surface area (Å²) in [6, 6.07) is 21.8. The lowest BCUT2D eigenvalue weighted by Gasteiger charge is -2.48. The number of aliphatic hydroxyl groups excluding tert-OH is 2. The van der Waals surface area contributed by atoms with Crippen LogP contribution in [-0.2, 0) is 27.7 Å². The van der Waals surface area contributed by atoms with Crippen LogP contribution in [0.2, 0.25) is 0 Å². The van der Waals surface area contributed by atoms with Crippen molar-refractivity contribution in [1.29, 1.82) is 0 Å². The molecule has 9 heteroatoms. The molecule has 0 spiro atoms. The first kappa shape index (κ1) is 31.8. The summed E-state index contributed by atoms with van der Waals surface area (Å²) in [6.07, 6.45) is 6.34. The SMILES string of the molecule is CS(=O)(=O)NCCCc1ccc(N2C(=O)[C@H](CC[C@H](O)c3ccc(F)cc3)[C@H]2c2ccc(CCCCCO)cc2)cc1. The van der Waals surface area contributed by atoms with Crippen LogP contribution >= 0.6 is 0 Å². The van der Waals surface area contributed by atoms with Gasteiger partial charge in [0.2, 0.25) is 15.9 Å². The van der Waals surface area contributed by atoms with Crippen molar-refractivity contribution >= 4 is 21.6 Å². The molecule has 42 heavy (non-hydrogen) atoms. The highest BCUT2D eigenvalue weighted by atomic mass is 32.2. The molecule has 226 valence electrons.